The Morgan fingerprint density at radius 3 is 2.66 bits per heavy atom. The summed E-state index contributed by atoms with van der Waals surface area (Å²) in [4.78, 5) is 34.4. The molecule has 0 aromatic heterocycles. The number of hydrogen-bond acceptors (Lipinski definition) is 13. The third-order valence-electron chi connectivity index (χ3n) is 18.5. The number of carbonyl (C=O) groups is 2. The van der Waals surface area contributed by atoms with Crippen molar-refractivity contribution in [1.29, 1.82) is 0 Å². The number of nitrogens with zero attached hydrogens (tertiary/aromatic N) is 2. The summed E-state index contributed by atoms with van der Waals surface area (Å²) in [5.74, 6) is 3.68. The number of carbonyl (C=O) groups excluding carboxylic acids is 2. The number of ether oxygens (including phenoxy) is 2. The molecule has 5 saturated carbocycles. The van der Waals surface area contributed by atoms with E-state index in [0.29, 0.717) is 86.7 Å². The number of hydrogen-bond donors (Lipinski definition) is 6. The Hall–Kier alpha value is -3.23. The first kappa shape index (κ1) is 47.4. The lowest BCUT2D eigenvalue weighted by molar-refractivity contribution is -0.195. The van der Waals surface area contributed by atoms with Crippen molar-refractivity contribution < 1.29 is 29.3 Å². The molecule has 1 aromatic carbocycles. The van der Waals surface area contributed by atoms with Gasteiger partial charge in [0.25, 0.3) is 0 Å². The summed E-state index contributed by atoms with van der Waals surface area (Å²) in [6.07, 6.45) is 27.1. The number of aliphatic imine (C=N–C) groups is 1. The number of benzene rings is 1. The van der Waals surface area contributed by atoms with Gasteiger partial charge < -0.3 is 46.7 Å². The van der Waals surface area contributed by atoms with Crippen LogP contribution in [0.25, 0.3) is 0 Å². The average Bonchev–Trinajstić information content (AvgIpc) is 4.06. The fraction of sp³-hybridized carbons (Fsp3) is 0.755. The van der Waals surface area contributed by atoms with Crippen LogP contribution in [0, 0.1) is 34.5 Å². The zero-order valence-electron chi connectivity index (χ0n) is 40.1. The summed E-state index contributed by atoms with van der Waals surface area (Å²) in [5, 5.41) is 31.5. The number of dihydropyridines is 1. The number of aliphatic hydroxyl groups excluding tert-OH is 1. The van der Waals surface area contributed by atoms with Crippen LogP contribution in [0.3, 0.4) is 0 Å². The number of phenols is 1. The molecule has 10 aliphatic rings. The molecule has 9 atom stereocenters. The Morgan fingerprint density at radius 1 is 0.970 bits per heavy atom. The van der Waals surface area contributed by atoms with E-state index in [1.54, 1.807) is 0 Å². The number of esters is 1. The fourth-order valence-electron chi connectivity index (χ4n) is 15.3. The second-order valence-corrected chi connectivity index (χ2v) is 25.4. The molecule has 1 aromatic rings. The number of rotatable bonds is 3. The smallest absolute Gasteiger partial charge is 0.303 e. The quantitative estimate of drug-likeness (QED) is 0.125. The van der Waals surface area contributed by atoms with Gasteiger partial charge in [0, 0.05) is 79.6 Å². The molecule has 5 aliphatic heterocycles. The number of nitrogens with one attached hydrogen (secondary N) is 2. The predicted molar refractivity (Wildman–Crippen MR) is 267 cm³/mol. The Kier molecular flexibility index (Phi) is 13.8. The molecule has 5 aliphatic carbocycles. The molecule has 0 radical (unpaired) electrons. The molecule has 2 spiro atoms. The molecule has 14 heteroatoms. The molecule has 11 rings (SSSR count). The Morgan fingerprint density at radius 2 is 1.82 bits per heavy atom. The number of aromatic hydroxyl groups is 1. The number of guanidine groups is 1. The summed E-state index contributed by atoms with van der Waals surface area (Å²) in [6.45, 7) is 3.44. The van der Waals surface area contributed by atoms with E-state index in [-0.39, 0.29) is 52.4 Å². The van der Waals surface area contributed by atoms with E-state index in [4.69, 9.17) is 25.9 Å². The van der Waals surface area contributed by atoms with E-state index in [1.807, 2.05) is 32.6 Å². The zero-order valence-corrected chi connectivity index (χ0v) is 41.7. The van der Waals surface area contributed by atoms with Crippen molar-refractivity contribution >= 4 is 39.4 Å². The summed E-state index contributed by atoms with van der Waals surface area (Å²) in [5.41, 5.74) is 16.3. The van der Waals surface area contributed by atoms with Gasteiger partial charge in [0.15, 0.2) is 17.5 Å². The maximum atomic E-state index is 14.5. The summed E-state index contributed by atoms with van der Waals surface area (Å²) >= 11 is 0. The molecule has 368 valence electrons. The van der Waals surface area contributed by atoms with E-state index in [0.717, 1.165) is 106 Å². The Labute approximate surface area is 406 Å². The van der Waals surface area contributed by atoms with Crippen molar-refractivity contribution in [1.82, 2.24) is 15.5 Å². The summed E-state index contributed by atoms with van der Waals surface area (Å²) in [6, 6.07) is 2.15. The van der Waals surface area contributed by atoms with E-state index >= 15 is 0 Å². The molecule has 67 heavy (non-hydrogen) atoms. The Balaban J connectivity index is 1.00. The highest BCUT2D eigenvalue weighted by Crippen LogP contribution is 2.63. The van der Waals surface area contributed by atoms with Crippen LogP contribution in [0.5, 0.6) is 11.5 Å². The standard InChI is InChI=1S/C53H78N6O6S2/c1-34(60)65-52-29-37-12-14-40(52)27-38-26-39(47(63)48-42(38)15-13-36-9-7-11-44(36)64-48)32-59-33-50(31-46(59)62,28-35-16-22-56-45(54)25-35)21-23-57-49(55)58-53(20-8-19-51(53)17-4-5-18-51)67-66-24-6-2-3-10-41(37)43(61)30-52/h16,25-26,36-37,40-41,43-44,56,61,63H,2-15,17-24,27-33,54H2,1H3,(H3,55,57,58). The predicted octanol–water partition coefficient (Wildman–Crippen LogP) is 8.66. The lowest BCUT2D eigenvalue weighted by Gasteiger charge is -2.54. The van der Waals surface area contributed by atoms with Crippen LogP contribution in [-0.4, -0.2) is 81.0 Å². The van der Waals surface area contributed by atoms with Crippen molar-refractivity contribution in [3.05, 3.63) is 46.3 Å². The summed E-state index contributed by atoms with van der Waals surface area (Å²) in [7, 11) is 4.01. The largest absolute Gasteiger partial charge is 0.504 e. The van der Waals surface area contributed by atoms with Crippen LogP contribution in [0.1, 0.15) is 165 Å². The van der Waals surface area contributed by atoms with Gasteiger partial charge in [0.1, 0.15) is 16.6 Å². The second-order valence-electron chi connectivity index (χ2n) is 22.7. The highest BCUT2D eigenvalue weighted by molar-refractivity contribution is 8.77. The van der Waals surface area contributed by atoms with Gasteiger partial charge in [-0.1, -0.05) is 53.3 Å². The second kappa shape index (κ2) is 19.5. The van der Waals surface area contributed by atoms with Gasteiger partial charge in [0.05, 0.1) is 11.9 Å². The maximum absolute atomic E-state index is 14.5. The van der Waals surface area contributed by atoms with Gasteiger partial charge in [-0.2, -0.15) is 0 Å². The van der Waals surface area contributed by atoms with Crippen molar-refractivity contribution in [3.8, 4) is 11.5 Å². The first-order valence-electron chi connectivity index (χ1n) is 26.3. The van der Waals surface area contributed by atoms with Crippen LogP contribution in [-0.2, 0) is 33.7 Å². The lowest BCUT2D eigenvalue weighted by Crippen LogP contribution is -2.56. The monoisotopic (exact) mass is 959 g/mol. The molecule has 5 heterocycles. The SMILES string of the molecule is CC(=O)OC12CC(O)C3CCCCCSSC4(CCCC45CCCC5)NC(N)=NCCC4(CC5=CCNC(N)=C5)CC(=O)N(Cc5cc(c6c(c5O)OC5CCCC5CC6)CC1CCC3C2)C4. The minimum absolute atomic E-state index is 0.00871. The highest BCUT2D eigenvalue weighted by Gasteiger charge is 2.57. The van der Waals surface area contributed by atoms with E-state index < -0.39 is 17.1 Å². The van der Waals surface area contributed by atoms with Crippen molar-refractivity contribution in [3.63, 3.8) is 0 Å². The fourth-order valence-corrected chi connectivity index (χ4v) is 18.9. The number of nitrogens with two attached hydrogens (primary N) is 2. The molecule has 1 saturated heterocycles. The van der Waals surface area contributed by atoms with Crippen LogP contribution >= 0.6 is 21.6 Å². The lowest BCUT2D eigenvalue weighted by atomic mass is 9.57. The first-order chi connectivity index (χ1) is 32.4. The number of phenolic OH excluding ortho intramolecular Hbond substituents is 1. The van der Waals surface area contributed by atoms with Gasteiger partial charge in [-0.05, 0) is 157 Å². The molecule has 8 N–H and O–H groups in total. The minimum Gasteiger partial charge on any atom is -0.504 e. The van der Waals surface area contributed by atoms with Gasteiger partial charge >= 0.3 is 5.97 Å². The summed E-state index contributed by atoms with van der Waals surface area (Å²) < 4.78 is 13.4. The van der Waals surface area contributed by atoms with Crippen LogP contribution in [0.15, 0.2) is 34.6 Å². The molecule has 1 amide bonds. The van der Waals surface area contributed by atoms with Crippen LogP contribution < -0.4 is 26.8 Å². The van der Waals surface area contributed by atoms with Gasteiger partial charge in [-0.25, -0.2) is 0 Å². The number of fused-ring (bicyclic) bond motifs is 13. The van der Waals surface area contributed by atoms with Gasteiger partial charge in [-0.3, -0.25) is 14.6 Å². The molecule has 12 nitrogen and oxygen atoms in total. The number of aliphatic hydroxyl groups is 1. The Bertz CT molecular complexity index is 2120. The van der Waals surface area contributed by atoms with Crippen molar-refractivity contribution in [2.45, 2.75) is 190 Å². The molecular formula is C53H78N6O6S2. The number of amides is 1. The minimum atomic E-state index is -0.755. The molecule has 9 unspecified atom stereocenters. The van der Waals surface area contributed by atoms with E-state index in [9.17, 15) is 19.8 Å². The molecule has 6 fully saturated rings. The molecular weight excluding hydrogens is 881 g/mol. The van der Waals surface area contributed by atoms with E-state index in [2.05, 4.69) is 22.8 Å². The van der Waals surface area contributed by atoms with Crippen molar-refractivity contribution in [2.24, 2.45) is 51.0 Å². The average molecular weight is 959 g/mol. The topological polar surface area (TPSA) is 185 Å². The normalized spacial score (nSPS) is 36.8. The third-order valence-corrected chi connectivity index (χ3v) is 21.8. The van der Waals surface area contributed by atoms with Crippen molar-refractivity contribution in [2.75, 3.05) is 25.4 Å². The van der Waals surface area contributed by atoms with Crippen LogP contribution in [0.2, 0.25) is 0 Å². The van der Waals surface area contributed by atoms with E-state index in [1.165, 1.54) is 45.4 Å². The molecule has 8 bridgehead atoms. The zero-order chi connectivity index (χ0) is 46.4. The highest BCUT2D eigenvalue weighted by atomic mass is 33.1. The van der Waals surface area contributed by atoms with Crippen LogP contribution in [0.4, 0.5) is 0 Å². The maximum Gasteiger partial charge on any atom is 0.303 e. The third kappa shape index (κ3) is 9.55. The first-order valence-corrected chi connectivity index (χ1v) is 28.7. The number of allylic oxidation sites excluding steroid dienone is 2. The van der Waals surface area contributed by atoms with Gasteiger partial charge in [-0.15, -0.1) is 0 Å². The van der Waals surface area contributed by atoms with Gasteiger partial charge in [0.2, 0.25) is 5.91 Å².